The van der Waals surface area contributed by atoms with Crippen molar-refractivity contribution in [3.05, 3.63) is 78.9 Å². The Bertz CT molecular complexity index is 495. The Labute approximate surface area is 119 Å². The van der Waals surface area contributed by atoms with Gasteiger partial charge in [-0.1, -0.05) is 54.6 Å². The van der Waals surface area contributed by atoms with Crippen molar-refractivity contribution in [3.8, 4) is 0 Å². The van der Waals surface area contributed by atoms with Crippen molar-refractivity contribution in [1.82, 2.24) is 0 Å². The van der Waals surface area contributed by atoms with Crippen LogP contribution in [0.2, 0.25) is 0 Å². The lowest BCUT2D eigenvalue weighted by molar-refractivity contribution is 0.183. The second-order valence-electron chi connectivity index (χ2n) is 4.39. The van der Waals surface area contributed by atoms with E-state index in [1.54, 1.807) is 11.8 Å². The van der Waals surface area contributed by atoms with E-state index < -0.39 is 6.10 Å². The van der Waals surface area contributed by atoms with Crippen LogP contribution in [0.15, 0.2) is 78.2 Å². The summed E-state index contributed by atoms with van der Waals surface area (Å²) in [6.07, 6.45) is 2.05. The van der Waals surface area contributed by atoms with Crippen LogP contribution in [0.4, 0.5) is 0 Å². The molecular formula is C17H18OS. The van der Waals surface area contributed by atoms with Crippen molar-refractivity contribution in [3.63, 3.8) is 0 Å². The highest BCUT2D eigenvalue weighted by molar-refractivity contribution is 8.00. The van der Waals surface area contributed by atoms with Gasteiger partial charge in [0.1, 0.15) is 0 Å². The van der Waals surface area contributed by atoms with Gasteiger partial charge in [-0.25, -0.2) is 0 Å². The summed E-state index contributed by atoms with van der Waals surface area (Å²) in [5.74, 6) is 0. The Morgan fingerprint density at radius 3 is 2.16 bits per heavy atom. The molecule has 1 nitrogen and oxygen atoms in total. The zero-order valence-corrected chi connectivity index (χ0v) is 11.6. The molecule has 2 rings (SSSR count). The normalized spacial score (nSPS) is 13.7. The van der Waals surface area contributed by atoms with Gasteiger partial charge in [0, 0.05) is 4.90 Å². The van der Waals surface area contributed by atoms with Gasteiger partial charge >= 0.3 is 0 Å². The number of benzene rings is 2. The highest BCUT2D eigenvalue weighted by atomic mass is 32.2. The number of aliphatic hydroxyl groups excluding tert-OH is 1. The molecule has 98 valence electrons. The SMILES string of the molecule is C=C[C@H](Sc1ccccc1)[C@H](O)Cc1ccccc1. The molecule has 0 unspecified atom stereocenters. The summed E-state index contributed by atoms with van der Waals surface area (Å²) in [6.45, 7) is 3.84. The number of hydrogen-bond acceptors (Lipinski definition) is 2. The highest BCUT2D eigenvalue weighted by Crippen LogP contribution is 2.27. The predicted molar refractivity (Wildman–Crippen MR) is 82.4 cm³/mol. The summed E-state index contributed by atoms with van der Waals surface area (Å²) in [6, 6.07) is 20.2. The average molecular weight is 270 g/mol. The molecule has 0 aliphatic heterocycles. The number of hydrogen-bond donors (Lipinski definition) is 1. The molecular weight excluding hydrogens is 252 g/mol. The maximum Gasteiger partial charge on any atom is 0.0737 e. The largest absolute Gasteiger partial charge is 0.391 e. The monoisotopic (exact) mass is 270 g/mol. The van der Waals surface area contributed by atoms with E-state index in [2.05, 4.69) is 18.7 Å². The molecule has 1 N–H and O–H groups in total. The molecule has 2 atom stereocenters. The van der Waals surface area contributed by atoms with Crippen LogP contribution in [0.25, 0.3) is 0 Å². The van der Waals surface area contributed by atoms with Crippen LogP contribution in [-0.2, 0) is 6.42 Å². The van der Waals surface area contributed by atoms with Crippen molar-refractivity contribution < 1.29 is 5.11 Å². The van der Waals surface area contributed by atoms with Crippen molar-refractivity contribution in [2.45, 2.75) is 22.7 Å². The fraction of sp³-hybridized carbons (Fsp3) is 0.176. The summed E-state index contributed by atoms with van der Waals surface area (Å²) < 4.78 is 0. The Kier molecular flexibility index (Phi) is 5.25. The second-order valence-corrected chi connectivity index (χ2v) is 5.64. The molecule has 2 aromatic rings. The van der Waals surface area contributed by atoms with Crippen LogP contribution in [0.3, 0.4) is 0 Å². The first kappa shape index (κ1) is 13.9. The minimum atomic E-state index is -0.426. The maximum absolute atomic E-state index is 10.3. The van der Waals surface area contributed by atoms with Crippen LogP contribution < -0.4 is 0 Å². The zero-order valence-electron chi connectivity index (χ0n) is 10.8. The minimum absolute atomic E-state index is 0.00241. The molecule has 19 heavy (non-hydrogen) atoms. The standard InChI is InChI=1S/C17H18OS/c1-2-17(19-15-11-7-4-8-12-15)16(18)13-14-9-5-3-6-10-14/h2-12,16-18H,1,13H2/t16-,17+/m1/s1. The van der Waals surface area contributed by atoms with Crippen molar-refractivity contribution >= 4 is 11.8 Å². The molecule has 0 saturated heterocycles. The lowest BCUT2D eigenvalue weighted by Gasteiger charge is -2.19. The number of rotatable bonds is 6. The van der Waals surface area contributed by atoms with Crippen LogP contribution in [0, 0.1) is 0 Å². The van der Waals surface area contributed by atoms with Gasteiger partial charge < -0.3 is 5.11 Å². The molecule has 2 aromatic carbocycles. The maximum atomic E-state index is 10.3. The van der Waals surface area contributed by atoms with Gasteiger partial charge in [0.25, 0.3) is 0 Å². The van der Waals surface area contributed by atoms with Crippen LogP contribution in [0.5, 0.6) is 0 Å². The van der Waals surface area contributed by atoms with Gasteiger partial charge in [0.2, 0.25) is 0 Å². The quantitative estimate of drug-likeness (QED) is 0.634. The third-order valence-electron chi connectivity index (χ3n) is 2.91. The first-order valence-electron chi connectivity index (χ1n) is 6.36. The van der Waals surface area contributed by atoms with Crippen molar-refractivity contribution in [1.29, 1.82) is 0 Å². The van der Waals surface area contributed by atoms with E-state index in [-0.39, 0.29) is 5.25 Å². The van der Waals surface area contributed by atoms with Crippen molar-refractivity contribution in [2.24, 2.45) is 0 Å². The van der Waals surface area contributed by atoms with Gasteiger partial charge in [-0.05, 0) is 24.1 Å². The highest BCUT2D eigenvalue weighted by Gasteiger charge is 2.17. The van der Waals surface area contributed by atoms with Crippen LogP contribution in [0.1, 0.15) is 5.56 Å². The molecule has 0 saturated carbocycles. The van der Waals surface area contributed by atoms with Crippen LogP contribution >= 0.6 is 11.8 Å². The lowest BCUT2D eigenvalue weighted by Crippen LogP contribution is -2.23. The second kappa shape index (κ2) is 7.17. The molecule has 0 aliphatic rings. The Morgan fingerprint density at radius 2 is 1.58 bits per heavy atom. The fourth-order valence-corrected chi connectivity index (χ4v) is 2.89. The molecule has 0 heterocycles. The van der Waals surface area contributed by atoms with Gasteiger partial charge in [-0.2, -0.15) is 0 Å². The van der Waals surface area contributed by atoms with E-state index in [1.807, 2.05) is 54.6 Å². The summed E-state index contributed by atoms with van der Waals surface area (Å²) in [5, 5.41) is 10.3. The summed E-state index contributed by atoms with van der Waals surface area (Å²) in [4.78, 5) is 1.15. The van der Waals surface area contributed by atoms with Gasteiger partial charge in [-0.3, -0.25) is 0 Å². The summed E-state index contributed by atoms with van der Waals surface area (Å²) in [5.41, 5.74) is 1.15. The molecule has 0 radical (unpaired) electrons. The van der Waals surface area contributed by atoms with Crippen LogP contribution in [-0.4, -0.2) is 16.5 Å². The van der Waals surface area contributed by atoms with Gasteiger partial charge in [-0.15, -0.1) is 18.3 Å². The fourth-order valence-electron chi connectivity index (χ4n) is 1.91. The minimum Gasteiger partial charge on any atom is -0.391 e. The van der Waals surface area contributed by atoms with E-state index in [0.717, 1.165) is 10.5 Å². The molecule has 2 heteroatoms. The Hall–Kier alpha value is -1.51. The zero-order chi connectivity index (χ0) is 13.5. The first-order valence-corrected chi connectivity index (χ1v) is 7.24. The van der Waals surface area contributed by atoms with E-state index in [1.165, 1.54) is 0 Å². The summed E-state index contributed by atoms with van der Waals surface area (Å²) in [7, 11) is 0. The third kappa shape index (κ3) is 4.27. The molecule has 0 amide bonds. The number of aliphatic hydroxyl groups is 1. The lowest BCUT2D eigenvalue weighted by atomic mass is 10.1. The number of thioether (sulfide) groups is 1. The van der Waals surface area contributed by atoms with Gasteiger partial charge in [0.15, 0.2) is 0 Å². The molecule has 0 aliphatic carbocycles. The topological polar surface area (TPSA) is 20.2 Å². The molecule has 0 bridgehead atoms. The first-order chi connectivity index (χ1) is 9.29. The molecule has 0 fully saturated rings. The summed E-state index contributed by atoms with van der Waals surface area (Å²) >= 11 is 1.65. The van der Waals surface area contributed by atoms with E-state index in [0.29, 0.717) is 6.42 Å². The van der Waals surface area contributed by atoms with E-state index in [4.69, 9.17) is 0 Å². The Balaban J connectivity index is 1.99. The van der Waals surface area contributed by atoms with Gasteiger partial charge in [0.05, 0.1) is 11.4 Å². The molecule has 0 spiro atoms. The molecule has 0 aromatic heterocycles. The van der Waals surface area contributed by atoms with Crippen molar-refractivity contribution in [2.75, 3.05) is 0 Å². The smallest absolute Gasteiger partial charge is 0.0737 e. The average Bonchev–Trinajstić information content (AvgIpc) is 2.47. The van der Waals surface area contributed by atoms with E-state index >= 15 is 0 Å². The predicted octanol–water partition coefficient (Wildman–Crippen LogP) is 3.94. The van der Waals surface area contributed by atoms with E-state index in [9.17, 15) is 5.11 Å². The third-order valence-corrected chi connectivity index (χ3v) is 4.24. The Morgan fingerprint density at radius 1 is 1.00 bits per heavy atom.